The van der Waals surface area contributed by atoms with Crippen molar-refractivity contribution in [3.05, 3.63) is 51.9 Å². The van der Waals surface area contributed by atoms with Crippen LogP contribution in [0.1, 0.15) is 16.9 Å². The van der Waals surface area contributed by atoms with Gasteiger partial charge in [0.1, 0.15) is 17.3 Å². The number of aryl methyl sites for hydroxylation is 1. The normalized spacial score (nSPS) is 12.0. The van der Waals surface area contributed by atoms with Crippen molar-refractivity contribution in [2.24, 2.45) is 0 Å². The van der Waals surface area contributed by atoms with Gasteiger partial charge in [-0.1, -0.05) is 29.8 Å². The first-order chi connectivity index (χ1) is 9.84. The van der Waals surface area contributed by atoms with Crippen LogP contribution in [0.15, 0.2) is 44.3 Å². The van der Waals surface area contributed by atoms with Crippen LogP contribution < -0.4 is 0 Å². The van der Waals surface area contributed by atoms with Crippen LogP contribution in [0.3, 0.4) is 0 Å². The Morgan fingerprint density at radius 3 is 2.62 bits per heavy atom. The van der Waals surface area contributed by atoms with Gasteiger partial charge < -0.3 is 9.52 Å². The molecule has 1 aromatic carbocycles. The van der Waals surface area contributed by atoms with Gasteiger partial charge in [-0.05, 0) is 28.4 Å². The molecule has 1 aromatic heterocycles. The smallest absolute Gasteiger partial charge is 0.247 e. The van der Waals surface area contributed by atoms with Gasteiger partial charge in [0.15, 0.2) is 4.67 Å². The average molecular weight is 374 g/mol. The molecule has 5 nitrogen and oxygen atoms in total. The molecule has 2 rings (SSSR count). The van der Waals surface area contributed by atoms with E-state index in [1.54, 1.807) is 0 Å². The minimum atomic E-state index is -3.69. The van der Waals surface area contributed by atoms with Crippen molar-refractivity contribution >= 4 is 26.0 Å². The van der Waals surface area contributed by atoms with Crippen molar-refractivity contribution in [3.63, 3.8) is 0 Å². The quantitative estimate of drug-likeness (QED) is 0.874. The zero-order valence-electron chi connectivity index (χ0n) is 11.7. The minimum absolute atomic E-state index is 0.0155. The van der Waals surface area contributed by atoms with Gasteiger partial charge in [-0.2, -0.15) is 4.31 Å². The maximum Gasteiger partial charge on any atom is 0.247 e. The molecule has 0 saturated heterocycles. The summed E-state index contributed by atoms with van der Waals surface area (Å²) in [5.74, 6) is 0.199. The SMILES string of the molecule is Cc1cccc(CN(C)S(=O)(=O)c2cc(CO)oc2Br)c1. The Labute approximate surface area is 132 Å². The highest BCUT2D eigenvalue weighted by molar-refractivity contribution is 9.10. The number of rotatable bonds is 5. The van der Waals surface area contributed by atoms with Crippen LogP contribution in [0, 0.1) is 6.92 Å². The Morgan fingerprint density at radius 1 is 1.33 bits per heavy atom. The summed E-state index contributed by atoms with van der Waals surface area (Å²) in [5, 5.41) is 9.02. The van der Waals surface area contributed by atoms with E-state index in [0.29, 0.717) is 0 Å². The first kappa shape index (κ1) is 16.2. The first-order valence-electron chi connectivity index (χ1n) is 6.25. The van der Waals surface area contributed by atoms with Crippen molar-refractivity contribution in [2.75, 3.05) is 7.05 Å². The lowest BCUT2D eigenvalue weighted by molar-refractivity contribution is 0.245. The van der Waals surface area contributed by atoms with Crippen LogP contribution in [0.25, 0.3) is 0 Å². The Bertz CT molecular complexity index is 739. The van der Waals surface area contributed by atoms with E-state index in [9.17, 15) is 8.42 Å². The number of sulfonamides is 1. The molecule has 0 bridgehead atoms. The summed E-state index contributed by atoms with van der Waals surface area (Å²) in [5.41, 5.74) is 1.98. The van der Waals surface area contributed by atoms with Crippen molar-refractivity contribution in [2.45, 2.75) is 25.0 Å². The lowest BCUT2D eigenvalue weighted by Crippen LogP contribution is -2.26. The molecule has 1 N–H and O–H groups in total. The summed E-state index contributed by atoms with van der Waals surface area (Å²) < 4.78 is 31.5. The fraction of sp³-hybridized carbons (Fsp3) is 0.286. The Hall–Kier alpha value is -1.15. The first-order valence-corrected chi connectivity index (χ1v) is 8.49. The minimum Gasteiger partial charge on any atom is -0.450 e. The highest BCUT2D eigenvalue weighted by atomic mass is 79.9. The van der Waals surface area contributed by atoms with E-state index in [0.717, 1.165) is 11.1 Å². The molecule has 0 saturated carbocycles. The fourth-order valence-corrected chi connectivity index (χ4v) is 4.09. The lowest BCUT2D eigenvalue weighted by Gasteiger charge is -2.16. The highest BCUT2D eigenvalue weighted by Crippen LogP contribution is 2.29. The van der Waals surface area contributed by atoms with Crippen molar-refractivity contribution < 1.29 is 17.9 Å². The van der Waals surface area contributed by atoms with Gasteiger partial charge in [0.2, 0.25) is 10.0 Å². The van der Waals surface area contributed by atoms with Crippen LogP contribution >= 0.6 is 15.9 Å². The molecule has 0 aliphatic carbocycles. The third-order valence-electron chi connectivity index (χ3n) is 3.04. The number of hydrogen-bond donors (Lipinski definition) is 1. The van der Waals surface area contributed by atoms with Crippen molar-refractivity contribution in [1.82, 2.24) is 4.31 Å². The van der Waals surface area contributed by atoms with Crippen LogP contribution in [-0.4, -0.2) is 24.9 Å². The molecule has 7 heteroatoms. The second kappa shape index (κ2) is 6.31. The van der Waals surface area contributed by atoms with Crippen LogP contribution in [0.4, 0.5) is 0 Å². The van der Waals surface area contributed by atoms with E-state index in [2.05, 4.69) is 15.9 Å². The second-order valence-electron chi connectivity index (χ2n) is 4.76. The summed E-state index contributed by atoms with van der Waals surface area (Å²) in [7, 11) is -2.18. The van der Waals surface area contributed by atoms with Gasteiger partial charge in [0.25, 0.3) is 0 Å². The molecule has 0 fully saturated rings. The highest BCUT2D eigenvalue weighted by Gasteiger charge is 2.27. The number of hydrogen-bond acceptors (Lipinski definition) is 4. The van der Waals surface area contributed by atoms with Gasteiger partial charge >= 0.3 is 0 Å². The maximum atomic E-state index is 12.5. The van der Waals surface area contributed by atoms with E-state index in [1.807, 2.05) is 31.2 Å². The van der Waals surface area contributed by atoms with E-state index < -0.39 is 10.0 Å². The van der Waals surface area contributed by atoms with Crippen molar-refractivity contribution in [3.8, 4) is 0 Å². The third-order valence-corrected chi connectivity index (χ3v) is 5.70. The van der Waals surface area contributed by atoms with Gasteiger partial charge in [0, 0.05) is 19.7 Å². The molecule has 0 aliphatic heterocycles. The van der Waals surface area contributed by atoms with Crippen molar-refractivity contribution in [1.29, 1.82) is 0 Å². The number of aliphatic hydroxyl groups is 1. The molecule has 1 heterocycles. The standard InChI is InChI=1S/C14H16BrNO4S/c1-10-4-3-5-11(6-10)8-16(2)21(18,19)13-7-12(9-17)20-14(13)15/h3-7,17H,8-9H2,1-2H3. The molecule has 21 heavy (non-hydrogen) atoms. The number of halogens is 1. The summed E-state index contributed by atoms with van der Waals surface area (Å²) >= 11 is 3.08. The maximum absolute atomic E-state index is 12.5. The lowest BCUT2D eigenvalue weighted by atomic mass is 10.1. The summed E-state index contributed by atoms with van der Waals surface area (Å²) in [6, 6.07) is 8.99. The van der Waals surface area contributed by atoms with Gasteiger partial charge in [0.05, 0.1) is 0 Å². The van der Waals surface area contributed by atoms with E-state index >= 15 is 0 Å². The molecular formula is C14H16BrNO4S. The third kappa shape index (κ3) is 3.55. The molecule has 0 radical (unpaired) electrons. The fourth-order valence-electron chi connectivity index (χ4n) is 1.97. The second-order valence-corrected chi connectivity index (χ2v) is 7.49. The molecule has 0 spiro atoms. The molecule has 0 atom stereocenters. The number of furan rings is 1. The predicted octanol–water partition coefficient (Wildman–Crippen LogP) is 2.66. The predicted molar refractivity (Wildman–Crippen MR) is 82.2 cm³/mol. The zero-order valence-corrected chi connectivity index (χ0v) is 14.1. The van der Waals surface area contributed by atoms with Gasteiger partial charge in [-0.3, -0.25) is 0 Å². The number of aliphatic hydroxyl groups excluding tert-OH is 1. The Morgan fingerprint density at radius 2 is 2.05 bits per heavy atom. The van der Waals surface area contributed by atoms with Crippen LogP contribution in [0.2, 0.25) is 0 Å². The van der Waals surface area contributed by atoms with Gasteiger partial charge in [-0.15, -0.1) is 0 Å². The summed E-state index contributed by atoms with van der Waals surface area (Å²) in [4.78, 5) is 0.0155. The topological polar surface area (TPSA) is 70.8 Å². The number of nitrogens with zero attached hydrogens (tertiary/aromatic N) is 1. The summed E-state index contributed by atoms with van der Waals surface area (Å²) in [6.07, 6.45) is 0. The van der Waals surface area contributed by atoms with E-state index in [4.69, 9.17) is 9.52 Å². The molecule has 0 amide bonds. The number of benzene rings is 1. The monoisotopic (exact) mass is 373 g/mol. The van der Waals surface area contributed by atoms with E-state index in [-0.39, 0.29) is 28.5 Å². The largest absolute Gasteiger partial charge is 0.450 e. The molecule has 0 aliphatic rings. The Kier molecular flexibility index (Phi) is 4.88. The van der Waals surface area contributed by atoms with Gasteiger partial charge in [-0.25, -0.2) is 8.42 Å². The Balaban J connectivity index is 2.28. The van der Waals surface area contributed by atoms with Crippen LogP contribution in [-0.2, 0) is 23.2 Å². The molecule has 114 valence electrons. The molecule has 0 unspecified atom stereocenters. The molecular weight excluding hydrogens is 358 g/mol. The molecule has 2 aromatic rings. The van der Waals surface area contributed by atoms with E-state index in [1.165, 1.54) is 17.4 Å². The summed E-state index contributed by atoms with van der Waals surface area (Å²) in [6.45, 7) is 1.87. The average Bonchev–Trinajstić information content (AvgIpc) is 2.80. The van der Waals surface area contributed by atoms with Crippen LogP contribution in [0.5, 0.6) is 0 Å². The zero-order chi connectivity index (χ0) is 15.6.